The molecule has 5 fully saturated rings. The first kappa shape index (κ1) is 26.8. The third-order valence-electron chi connectivity index (χ3n) is 8.56. The maximum absolute atomic E-state index is 12.8. The Morgan fingerprint density at radius 2 is 1.83 bits per heavy atom. The van der Waals surface area contributed by atoms with Gasteiger partial charge in [0.05, 0.1) is 25.0 Å². The number of carbonyl (C=O) groups excluding carboxylic acids is 2. The van der Waals surface area contributed by atoms with E-state index in [1.807, 2.05) is 20.8 Å². The number of nitrogens with one attached hydrogen (secondary N) is 2. The zero-order chi connectivity index (χ0) is 25.5. The molecule has 11 heteroatoms. The fourth-order valence-electron chi connectivity index (χ4n) is 6.67. The van der Waals surface area contributed by atoms with Crippen molar-refractivity contribution in [2.24, 2.45) is 29.6 Å². The third-order valence-corrected chi connectivity index (χ3v) is 8.56. The van der Waals surface area contributed by atoms with E-state index in [4.69, 9.17) is 19.2 Å². The first-order valence-electron chi connectivity index (χ1n) is 13.1. The highest BCUT2D eigenvalue weighted by Gasteiger charge is 2.69. The summed E-state index contributed by atoms with van der Waals surface area (Å²) in [6, 6.07) is 0. The van der Waals surface area contributed by atoms with Gasteiger partial charge in [-0.15, -0.1) is 0 Å². The van der Waals surface area contributed by atoms with Gasteiger partial charge in [0.15, 0.2) is 11.9 Å². The largest absolute Gasteiger partial charge is 0.475 e. The van der Waals surface area contributed by atoms with E-state index < -0.39 is 36.6 Å². The van der Waals surface area contributed by atoms with E-state index in [1.54, 1.807) is 0 Å². The van der Waals surface area contributed by atoms with Gasteiger partial charge in [-0.2, -0.15) is 0 Å². The molecule has 1 aliphatic carbocycles. The van der Waals surface area contributed by atoms with E-state index >= 15 is 0 Å². The highest BCUT2D eigenvalue weighted by atomic mass is 17.3. The molecule has 10 nitrogen and oxygen atoms in total. The molecule has 0 aromatic carbocycles. The Balaban J connectivity index is 1.38. The Morgan fingerprint density at radius 1 is 1.09 bits per heavy atom. The minimum Gasteiger partial charge on any atom is -0.426 e. The Morgan fingerprint density at radius 3 is 2.51 bits per heavy atom. The molecule has 1 unspecified atom stereocenters. The van der Waals surface area contributed by atoms with Crippen molar-refractivity contribution < 1.29 is 38.9 Å². The summed E-state index contributed by atoms with van der Waals surface area (Å²) in [4.78, 5) is 37.0. The highest BCUT2D eigenvalue weighted by Crippen LogP contribution is 2.60. The number of hydrogen-bond donors (Lipinski definition) is 4. The van der Waals surface area contributed by atoms with Gasteiger partial charge in [-0.05, 0) is 56.3 Å². The molecule has 5 aliphatic rings. The molecule has 0 aromatic rings. The lowest BCUT2D eigenvalue weighted by Gasteiger charge is -2.60. The quantitative estimate of drug-likeness (QED) is 0.292. The molecule has 9 atom stereocenters. The molecule has 1 spiro atoms. The fraction of sp³-hybridized carbons (Fsp3) is 0.917. The first-order chi connectivity index (χ1) is 16.4. The second-order valence-corrected chi connectivity index (χ2v) is 11.6. The van der Waals surface area contributed by atoms with E-state index in [9.17, 15) is 19.6 Å². The Hall–Kier alpha value is -1.24. The van der Waals surface area contributed by atoms with E-state index in [-0.39, 0.29) is 48.6 Å². The summed E-state index contributed by atoms with van der Waals surface area (Å²) in [6.07, 6.45) is 3.22. The molecule has 4 heterocycles. The SMILES string of the molecule is CC(C)C[C@H](NC(=O)CNC(=O)C[C@H]1O[C@@H]2OC3(C)CC[C@H]4[C@H](C)CC[C@@H]([C@H]1C)[C@@]24OO3)B(O)O. The summed E-state index contributed by atoms with van der Waals surface area (Å²) in [7, 11) is -1.66. The fourth-order valence-corrected chi connectivity index (χ4v) is 6.67. The van der Waals surface area contributed by atoms with Crippen LogP contribution in [0.15, 0.2) is 0 Å². The lowest BCUT2D eigenvalue weighted by Crippen LogP contribution is -2.70. The van der Waals surface area contributed by atoms with Crippen LogP contribution in [0.1, 0.15) is 73.1 Å². The maximum Gasteiger partial charge on any atom is 0.475 e. The average Bonchev–Trinajstić information content (AvgIpc) is 3.01. The predicted molar refractivity (Wildman–Crippen MR) is 126 cm³/mol. The lowest BCUT2D eigenvalue weighted by atomic mass is 9.57. The molecule has 2 bridgehead atoms. The van der Waals surface area contributed by atoms with Crippen LogP contribution in [0.3, 0.4) is 0 Å². The summed E-state index contributed by atoms with van der Waals surface area (Å²) in [5.41, 5.74) is -0.670. The average molecular weight is 496 g/mol. The zero-order valence-corrected chi connectivity index (χ0v) is 21.5. The number of carbonyl (C=O) groups is 2. The van der Waals surface area contributed by atoms with Crippen LogP contribution in [-0.2, 0) is 28.8 Å². The number of amides is 2. The van der Waals surface area contributed by atoms with Crippen LogP contribution in [0.25, 0.3) is 0 Å². The second-order valence-electron chi connectivity index (χ2n) is 11.6. The molecule has 2 amide bonds. The number of fused-ring (bicyclic) bond motifs is 2. The number of hydrogen-bond acceptors (Lipinski definition) is 8. The maximum atomic E-state index is 12.8. The van der Waals surface area contributed by atoms with E-state index in [0.29, 0.717) is 12.3 Å². The van der Waals surface area contributed by atoms with Gasteiger partial charge >= 0.3 is 7.12 Å². The molecular formula is C24H41BN2O8. The molecule has 0 radical (unpaired) electrons. The standard InChI is InChI=1S/C24H41BN2O8/c1-13(2)10-19(25(30)31)27-21(29)12-26-20(28)11-18-15(4)17-7-6-14(3)16-8-9-23(5)33-22(32-18)24(16,17)35-34-23/h13-19,22,30-31H,6-12H2,1-5H3,(H,26,28)(H,27,29)/t14-,15-,16+,17+,18-,19+,22-,23?,24-/m1/s1. The predicted octanol–water partition coefficient (Wildman–Crippen LogP) is 1.29. The number of ether oxygens (including phenoxy) is 2. The normalized spacial score (nSPS) is 41.0. The van der Waals surface area contributed by atoms with Crippen LogP contribution in [-0.4, -0.2) is 65.2 Å². The van der Waals surface area contributed by atoms with Gasteiger partial charge in [0.25, 0.3) is 0 Å². The van der Waals surface area contributed by atoms with Crippen LogP contribution in [0.2, 0.25) is 0 Å². The van der Waals surface area contributed by atoms with Crippen molar-refractivity contribution >= 4 is 18.9 Å². The van der Waals surface area contributed by atoms with Crippen LogP contribution in [0.5, 0.6) is 0 Å². The van der Waals surface area contributed by atoms with E-state index in [2.05, 4.69) is 24.5 Å². The van der Waals surface area contributed by atoms with Crippen molar-refractivity contribution in [1.82, 2.24) is 10.6 Å². The van der Waals surface area contributed by atoms with Gasteiger partial charge in [0, 0.05) is 12.3 Å². The van der Waals surface area contributed by atoms with E-state index in [1.165, 1.54) is 0 Å². The molecule has 4 saturated heterocycles. The van der Waals surface area contributed by atoms with Crippen molar-refractivity contribution in [3.05, 3.63) is 0 Å². The van der Waals surface area contributed by atoms with Crippen molar-refractivity contribution in [2.75, 3.05) is 6.54 Å². The third kappa shape index (κ3) is 5.26. The summed E-state index contributed by atoms with van der Waals surface area (Å²) in [5.74, 6) is -1.36. The molecule has 35 heavy (non-hydrogen) atoms. The van der Waals surface area contributed by atoms with Gasteiger partial charge in [0.2, 0.25) is 17.6 Å². The minimum absolute atomic E-state index is 0.0374. The molecule has 4 N–H and O–H groups in total. The van der Waals surface area contributed by atoms with E-state index in [0.717, 1.165) is 25.7 Å². The summed E-state index contributed by atoms with van der Waals surface area (Å²) in [5, 5.41) is 24.2. The lowest BCUT2D eigenvalue weighted by molar-refractivity contribution is -0.570. The first-order valence-corrected chi connectivity index (χ1v) is 13.1. The Kier molecular flexibility index (Phi) is 7.86. The van der Waals surface area contributed by atoms with Gasteiger partial charge in [-0.25, -0.2) is 9.78 Å². The monoisotopic (exact) mass is 496 g/mol. The smallest absolute Gasteiger partial charge is 0.426 e. The van der Waals surface area contributed by atoms with Crippen LogP contribution >= 0.6 is 0 Å². The summed E-state index contributed by atoms with van der Waals surface area (Å²) < 4.78 is 12.7. The molecule has 0 aromatic heterocycles. The summed E-state index contributed by atoms with van der Waals surface area (Å²) in [6.45, 7) is 9.82. The van der Waals surface area contributed by atoms with Gasteiger partial charge in [-0.1, -0.05) is 27.7 Å². The zero-order valence-electron chi connectivity index (χ0n) is 21.5. The molecular weight excluding hydrogens is 455 g/mol. The van der Waals surface area contributed by atoms with Gasteiger partial charge < -0.3 is 30.2 Å². The topological polar surface area (TPSA) is 136 Å². The molecule has 1 saturated carbocycles. The molecule has 5 rings (SSSR count). The Bertz CT molecular complexity index is 799. The van der Waals surface area contributed by atoms with Crippen LogP contribution < -0.4 is 10.6 Å². The second kappa shape index (κ2) is 10.3. The van der Waals surface area contributed by atoms with Crippen LogP contribution in [0, 0.1) is 29.6 Å². The van der Waals surface area contributed by atoms with Gasteiger partial charge in [0.1, 0.15) is 0 Å². The minimum atomic E-state index is -1.66. The summed E-state index contributed by atoms with van der Waals surface area (Å²) >= 11 is 0. The van der Waals surface area contributed by atoms with Crippen molar-refractivity contribution in [3.63, 3.8) is 0 Å². The molecule has 4 aliphatic heterocycles. The van der Waals surface area contributed by atoms with Crippen molar-refractivity contribution in [2.45, 2.75) is 103 Å². The van der Waals surface area contributed by atoms with Crippen molar-refractivity contribution in [1.29, 1.82) is 0 Å². The molecule has 198 valence electrons. The number of rotatable bonds is 8. The van der Waals surface area contributed by atoms with Gasteiger partial charge in [-0.3, -0.25) is 9.59 Å². The highest BCUT2D eigenvalue weighted by molar-refractivity contribution is 6.43. The van der Waals surface area contributed by atoms with Crippen molar-refractivity contribution in [3.8, 4) is 0 Å². The van der Waals surface area contributed by atoms with Crippen LogP contribution in [0.4, 0.5) is 0 Å². The Labute approximate surface area is 207 Å².